The molecule has 80 valence electrons. The van der Waals surface area contributed by atoms with Crippen LogP contribution < -0.4 is 0 Å². The van der Waals surface area contributed by atoms with Crippen molar-refractivity contribution < 1.29 is 5.11 Å². The van der Waals surface area contributed by atoms with E-state index in [1.165, 1.54) is 5.69 Å². The van der Waals surface area contributed by atoms with E-state index in [1.54, 1.807) is 0 Å². The Hall–Kier alpha value is -0.760. The molecular weight excluding hydrogens is 174 g/mol. The van der Waals surface area contributed by atoms with Gasteiger partial charge in [-0.05, 0) is 24.5 Å². The van der Waals surface area contributed by atoms with Gasteiger partial charge in [0, 0.05) is 17.9 Å². The molecule has 0 aliphatic heterocycles. The lowest BCUT2D eigenvalue weighted by atomic mass is 10.2. The number of aliphatic hydroxyl groups excluding tert-OH is 1. The Balaban J connectivity index is 2.87. The van der Waals surface area contributed by atoms with Gasteiger partial charge in [0.2, 0.25) is 0 Å². The van der Waals surface area contributed by atoms with E-state index in [2.05, 4.69) is 31.4 Å². The molecule has 0 bridgehead atoms. The zero-order valence-electron chi connectivity index (χ0n) is 9.45. The van der Waals surface area contributed by atoms with Crippen molar-refractivity contribution in [2.45, 2.75) is 46.8 Å². The molecule has 0 aromatic carbocycles. The zero-order valence-corrected chi connectivity index (χ0v) is 9.45. The first-order valence-electron chi connectivity index (χ1n) is 5.47. The van der Waals surface area contributed by atoms with Gasteiger partial charge in [0.15, 0.2) is 0 Å². The van der Waals surface area contributed by atoms with Gasteiger partial charge in [-0.1, -0.05) is 27.2 Å². The number of nitrogens with zero attached hydrogens (tertiary/aromatic N) is 1. The Morgan fingerprint density at radius 3 is 2.43 bits per heavy atom. The van der Waals surface area contributed by atoms with Crippen LogP contribution >= 0.6 is 0 Å². The predicted octanol–water partition coefficient (Wildman–Crippen LogP) is 2.59. The van der Waals surface area contributed by atoms with E-state index in [0.29, 0.717) is 5.92 Å². The summed E-state index contributed by atoms with van der Waals surface area (Å²) in [6.45, 7) is 7.76. The fraction of sp³-hybridized carbons (Fsp3) is 0.667. The highest BCUT2D eigenvalue weighted by Crippen LogP contribution is 2.14. The van der Waals surface area contributed by atoms with Crippen molar-refractivity contribution in [1.82, 2.24) is 4.57 Å². The lowest BCUT2D eigenvalue weighted by molar-refractivity contribution is 0.267. The average Bonchev–Trinajstić information content (AvgIpc) is 2.48. The van der Waals surface area contributed by atoms with Crippen molar-refractivity contribution in [2.24, 2.45) is 5.92 Å². The fourth-order valence-corrected chi connectivity index (χ4v) is 1.77. The van der Waals surface area contributed by atoms with Crippen molar-refractivity contribution in [3.05, 3.63) is 23.5 Å². The van der Waals surface area contributed by atoms with E-state index in [-0.39, 0.29) is 6.61 Å². The summed E-state index contributed by atoms with van der Waals surface area (Å²) in [6.07, 6.45) is 2.26. The molecule has 0 radical (unpaired) electrons. The second-order valence-corrected chi connectivity index (χ2v) is 4.23. The summed E-state index contributed by atoms with van der Waals surface area (Å²) < 4.78 is 2.26. The normalized spacial score (nSPS) is 11.2. The van der Waals surface area contributed by atoms with Crippen molar-refractivity contribution in [3.63, 3.8) is 0 Å². The van der Waals surface area contributed by atoms with Crippen molar-refractivity contribution >= 4 is 0 Å². The molecule has 0 saturated heterocycles. The molecule has 0 aliphatic rings. The topological polar surface area (TPSA) is 25.2 Å². The van der Waals surface area contributed by atoms with E-state index < -0.39 is 0 Å². The SMILES string of the molecule is CCCc1ccc(CO)n1CC(C)C. The van der Waals surface area contributed by atoms with Crippen LogP contribution in [0.1, 0.15) is 38.6 Å². The highest BCUT2D eigenvalue weighted by molar-refractivity contribution is 5.16. The fourth-order valence-electron chi connectivity index (χ4n) is 1.77. The monoisotopic (exact) mass is 195 g/mol. The Morgan fingerprint density at radius 1 is 1.29 bits per heavy atom. The maximum Gasteiger partial charge on any atom is 0.0832 e. The third-order valence-electron chi connectivity index (χ3n) is 2.38. The van der Waals surface area contributed by atoms with E-state index in [4.69, 9.17) is 0 Å². The first-order valence-corrected chi connectivity index (χ1v) is 5.47. The smallest absolute Gasteiger partial charge is 0.0832 e. The Kier molecular flexibility index (Phi) is 4.21. The highest BCUT2D eigenvalue weighted by Gasteiger charge is 2.07. The predicted molar refractivity (Wildman–Crippen MR) is 59.2 cm³/mol. The van der Waals surface area contributed by atoms with Gasteiger partial charge in [-0.15, -0.1) is 0 Å². The maximum atomic E-state index is 9.19. The average molecular weight is 195 g/mol. The minimum Gasteiger partial charge on any atom is -0.390 e. The molecule has 1 aromatic heterocycles. The first kappa shape index (κ1) is 11.3. The van der Waals surface area contributed by atoms with Gasteiger partial charge in [-0.2, -0.15) is 0 Å². The Labute approximate surface area is 86.6 Å². The first-order chi connectivity index (χ1) is 6.69. The van der Waals surface area contributed by atoms with Gasteiger partial charge in [-0.25, -0.2) is 0 Å². The maximum absolute atomic E-state index is 9.19. The number of rotatable bonds is 5. The second kappa shape index (κ2) is 5.20. The Morgan fingerprint density at radius 2 is 1.93 bits per heavy atom. The molecule has 2 heteroatoms. The van der Waals surface area contributed by atoms with Crippen LogP contribution in [0.2, 0.25) is 0 Å². The summed E-state index contributed by atoms with van der Waals surface area (Å²) in [6, 6.07) is 4.17. The van der Waals surface area contributed by atoms with Gasteiger partial charge in [0.05, 0.1) is 6.61 Å². The third kappa shape index (κ3) is 2.61. The molecule has 1 N–H and O–H groups in total. The molecule has 1 heterocycles. The summed E-state index contributed by atoms with van der Waals surface area (Å²) >= 11 is 0. The van der Waals surface area contributed by atoms with Gasteiger partial charge >= 0.3 is 0 Å². The molecule has 0 saturated carbocycles. The summed E-state index contributed by atoms with van der Waals surface area (Å²) in [7, 11) is 0. The summed E-state index contributed by atoms with van der Waals surface area (Å²) in [4.78, 5) is 0. The van der Waals surface area contributed by atoms with E-state index in [0.717, 1.165) is 25.1 Å². The van der Waals surface area contributed by atoms with Crippen LogP contribution in [-0.2, 0) is 19.6 Å². The van der Waals surface area contributed by atoms with Gasteiger partial charge in [0.1, 0.15) is 0 Å². The van der Waals surface area contributed by atoms with E-state index >= 15 is 0 Å². The molecule has 1 rings (SSSR count). The van der Waals surface area contributed by atoms with E-state index in [1.807, 2.05) is 6.07 Å². The molecule has 0 amide bonds. The molecule has 0 spiro atoms. The standard InChI is InChI=1S/C12H21NO/c1-4-5-11-6-7-12(9-14)13(11)8-10(2)3/h6-7,10,14H,4-5,8-9H2,1-3H3. The number of aryl methyl sites for hydroxylation is 1. The second-order valence-electron chi connectivity index (χ2n) is 4.23. The van der Waals surface area contributed by atoms with Crippen molar-refractivity contribution in [1.29, 1.82) is 0 Å². The van der Waals surface area contributed by atoms with Crippen LogP contribution in [0.4, 0.5) is 0 Å². The molecule has 0 aliphatic carbocycles. The van der Waals surface area contributed by atoms with Gasteiger partial charge in [0.25, 0.3) is 0 Å². The summed E-state index contributed by atoms with van der Waals surface area (Å²) in [5, 5.41) is 9.19. The van der Waals surface area contributed by atoms with Crippen LogP contribution in [0, 0.1) is 5.92 Å². The molecule has 1 aromatic rings. The lowest BCUT2D eigenvalue weighted by Crippen LogP contribution is -2.11. The molecule has 0 fully saturated rings. The number of hydrogen-bond acceptors (Lipinski definition) is 1. The molecular formula is C12H21NO. The quantitative estimate of drug-likeness (QED) is 0.767. The number of hydrogen-bond donors (Lipinski definition) is 1. The van der Waals surface area contributed by atoms with Gasteiger partial charge < -0.3 is 9.67 Å². The molecule has 0 unspecified atom stereocenters. The van der Waals surface area contributed by atoms with Crippen LogP contribution in [0.5, 0.6) is 0 Å². The summed E-state index contributed by atoms with van der Waals surface area (Å²) in [5.74, 6) is 0.628. The molecule has 0 atom stereocenters. The summed E-state index contributed by atoms with van der Waals surface area (Å²) in [5.41, 5.74) is 2.40. The van der Waals surface area contributed by atoms with E-state index in [9.17, 15) is 5.11 Å². The molecule has 14 heavy (non-hydrogen) atoms. The number of aliphatic hydroxyl groups is 1. The van der Waals surface area contributed by atoms with Crippen molar-refractivity contribution in [2.75, 3.05) is 0 Å². The zero-order chi connectivity index (χ0) is 10.6. The largest absolute Gasteiger partial charge is 0.390 e. The van der Waals surface area contributed by atoms with Crippen LogP contribution in [0.3, 0.4) is 0 Å². The minimum atomic E-state index is 0.149. The lowest BCUT2D eigenvalue weighted by Gasteiger charge is -2.14. The minimum absolute atomic E-state index is 0.149. The van der Waals surface area contributed by atoms with Crippen molar-refractivity contribution in [3.8, 4) is 0 Å². The number of aromatic nitrogens is 1. The molecule has 2 nitrogen and oxygen atoms in total. The van der Waals surface area contributed by atoms with Gasteiger partial charge in [-0.3, -0.25) is 0 Å². The highest BCUT2D eigenvalue weighted by atomic mass is 16.3. The Bertz CT molecular complexity index is 276. The van der Waals surface area contributed by atoms with Crippen LogP contribution in [-0.4, -0.2) is 9.67 Å². The van der Waals surface area contributed by atoms with Crippen LogP contribution in [0.15, 0.2) is 12.1 Å². The third-order valence-corrected chi connectivity index (χ3v) is 2.38. The van der Waals surface area contributed by atoms with Crippen LogP contribution in [0.25, 0.3) is 0 Å².